The maximum Gasteiger partial charge on any atom is 0.0680 e. The molecule has 3 heteroatoms. The van der Waals surface area contributed by atoms with E-state index in [0.717, 1.165) is 11.4 Å². The summed E-state index contributed by atoms with van der Waals surface area (Å²) in [5.41, 5.74) is 13.0. The van der Waals surface area contributed by atoms with Crippen molar-refractivity contribution in [3.8, 4) is 5.69 Å². The highest BCUT2D eigenvalue weighted by Gasteiger charge is 2.18. The summed E-state index contributed by atoms with van der Waals surface area (Å²) >= 11 is 0. The number of nitrogens with two attached hydrogens (primary N) is 1. The molecule has 0 saturated heterocycles. The Kier molecular flexibility index (Phi) is 3.76. The van der Waals surface area contributed by atoms with Crippen LogP contribution in [-0.4, -0.2) is 16.3 Å². The largest absolute Gasteiger partial charge is 0.330 e. The van der Waals surface area contributed by atoms with Crippen molar-refractivity contribution < 1.29 is 0 Å². The fourth-order valence-electron chi connectivity index (χ4n) is 2.67. The van der Waals surface area contributed by atoms with Gasteiger partial charge in [0.2, 0.25) is 0 Å². The molecule has 1 unspecified atom stereocenters. The van der Waals surface area contributed by atoms with Crippen molar-refractivity contribution in [3.05, 3.63) is 46.3 Å². The molecule has 1 aromatic carbocycles. The van der Waals surface area contributed by atoms with Crippen LogP contribution in [0, 0.1) is 27.7 Å². The Hall–Kier alpha value is -1.61. The lowest BCUT2D eigenvalue weighted by Gasteiger charge is -2.12. The van der Waals surface area contributed by atoms with Crippen LogP contribution in [0.25, 0.3) is 5.69 Å². The van der Waals surface area contributed by atoms with Gasteiger partial charge in [-0.15, -0.1) is 0 Å². The number of hydrogen-bond donors (Lipinski definition) is 1. The third-order valence-electron chi connectivity index (χ3n) is 3.79. The van der Waals surface area contributed by atoms with Crippen molar-refractivity contribution in [2.24, 2.45) is 5.73 Å². The Balaban J connectivity index is 2.61. The van der Waals surface area contributed by atoms with Crippen molar-refractivity contribution in [1.29, 1.82) is 0 Å². The smallest absolute Gasteiger partial charge is 0.0680 e. The van der Waals surface area contributed by atoms with E-state index in [1.807, 2.05) is 0 Å². The molecule has 0 bridgehead atoms. The second kappa shape index (κ2) is 5.17. The van der Waals surface area contributed by atoms with E-state index in [1.165, 1.54) is 22.4 Å². The summed E-state index contributed by atoms with van der Waals surface area (Å²) in [6.45, 7) is 11.2. The van der Waals surface area contributed by atoms with Gasteiger partial charge in [0.1, 0.15) is 0 Å². The fraction of sp³-hybridized carbons (Fsp3) is 0.438. The van der Waals surface area contributed by atoms with Gasteiger partial charge in [-0.05, 0) is 57.4 Å². The standard InChI is InChI=1S/C16H23N3/c1-10-6-7-11(2)15(8-10)19-14(5)16(12(3)9-17)13(4)18-19/h6-8,12H,9,17H2,1-5H3. The minimum absolute atomic E-state index is 0.346. The topological polar surface area (TPSA) is 43.8 Å². The minimum Gasteiger partial charge on any atom is -0.330 e. The average molecular weight is 257 g/mol. The molecule has 0 fully saturated rings. The molecule has 102 valence electrons. The molecule has 0 aliphatic rings. The summed E-state index contributed by atoms with van der Waals surface area (Å²) in [7, 11) is 0. The van der Waals surface area contributed by atoms with Crippen LogP contribution in [0.1, 0.15) is 40.9 Å². The highest BCUT2D eigenvalue weighted by Crippen LogP contribution is 2.26. The monoisotopic (exact) mass is 257 g/mol. The lowest BCUT2D eigenvalue weighted by Crippen LogP contribution is -2.11. The molecule has 2 rings (SSSR count). The van der Waals surface area contributed by atoms with Crippen LogP contribution in [0.4, 0.5) is 0 Å². The Bertz CT molecular complexity index is 596. The van der Waals surface area contributed by atoms with Gasteiger partial charge in [-0.2, -0.15) is 5.10 Å². The van der Waals surface area contributed by atoms with E-state index in [-0.39, 0.29) is 0 Å². The SMILES string of the molecule is Cc1ccc(C)c(-n2nc(C)c(C(C)CN)c2C)c1. The van der Waals surface area contributed by atoms with Gasteiger partial charge >= 0.3 is 0 Å². The molecule has 3 nitrogen and oxygen atoms in total. The molecule has 19 heavy (non-hydrogen) atoms. The van der Waals surface area contributed by atoms with E-state index >= 15 is 0 Å². The summed E-state index contributed by atoms with van der Waals surface area (Å²) in [6, 6.07) is 6.47. The first-order valence-corrected chi connectivity index (χ1v) is 6.79. The van der Waals surface area contributed by atoms with Crippen LogP contribution in [0.5, 0.6) is 0 Å². The zero-order valence-electron chi connectivity index (χ0n) is 12.5. The van der Waals surface area contributed by atoms with Crippen molar-refractivity contribution in [1.82, 2.24) is 9.78 Å². The number of hydrogen-bond acceptors (Lipinski definition) is 2. The van der Waals surface area contributed by atoms with Gasteiger partial charge < -0.3 is 5.73 Å². The van der Waals surface area contributed by atoms with E-state index in [0.29, 0.717) is 12.5 Å². The molecule has 1 atom stereocenters. The highest BCUT2D eigenvalue weighted by atomic mass is 15.3. The first kappa shape index (κ1) is 13.8. The quantitative estimate of drug-likeness (QED) is 0.918. The molecule has 0 aliphatic carbocycles. The Morgan fingerprint density at radius 3 is 2.53 bits per heavy atom. The molecule has 0 spiro atoms. The van der Waals surface area contributed by atoms with Gasteiger partial charge in [-0.1, -0.05) is 19.1 Å². The molecule has 2 N–H and O–H groups in total. The van der Waals surface area contributed by atoms with Gasteiger partial charge in [-0.3, -0.25) is 0 Å². The second-order valence-electron chi connectivity index (χ2n) is 5.42. The molecule has 0 aliphatic heterocycles. The van der Waals surface area contributed by atoms with Crippen LogP contribution < -0.4 is 5.73 Å². The Labute approximate surface area is 115 Å². The molecule has 1 heterocycles. The van der Waals surface area contributed by atoms with Crippen LogP contribution in [-0.2, 0) is 0 Å². The fourth-order valence-corrected chi connectivity index (χ4v) is 2.67. The summed E-state index contributed by atoms with van der Waals surface area (Å²) in [6.07, 6.45) is 0. The first-order valence-electron chi connectivity index (χ1n) is 6.79. The number of benzene rings is 1. The molecular weight excluding hydrogens is 234 g/mol. The number of rotatable bonds is 3. The summed E-state index contributed by atoms with van der Waals surface area (Å²) in [5, 5.41) is 4.71. The van der Waals surface area contributed by atoms with Gasteiger partial charge in [0.15, 0.2) is 0 Å². The van der Waals surface area contributed by atoms with E-state index in [2.05, 4.69) is 57.5 Å². The maximum absolute atomic E-state index is 5.81. The van der Waals surface area contributed by atoms with Gasteiger partial charge in [0, 0.05) is 11.3 Å². The van der Waals surface area contributed by atoms with Crippen molar-refractivity contribution in [2.45, 2.75) is 40.5 Å². The van der Waals surface area contributed by atoms with Gasteiger partial charge in [0.25, 0.3) is 0 Å². The molecule has 0 saturated carbocycles. The van der Waals surface area contributed by atoms with Crippen molar-refractivity contribution in [2.75, 3.05) is 6.54 Å². The normalized spacial score (nSPS) is 12.7. The van der Waals surface area contributed by atoms with Crippen LogP contribution >= 0.6 is 0 Å². The van der Waals surface area contributed by atoms with Crippen LogP contribution in [0.15, 0.2) is 18.2 Å². The minimum atomic E-state index is 0.346. The number of nitrogens with zero attached hydrogens (tertiary/aromatic N) is 2. The lowest BCUT2D eigenvalue weighted by molar-refractivity contribution is 0.759. The van der Waals surface area contributed by atoms with Crippen molar-refractivity contribution >= 4 is 0 Å². The summed E-state index contributed by atoms with van der Waals surface area (Å²) in [5.74, 6) is 0.346. The molecule has 0 radical (unpaired) electrons. The van der Waals surface area contributed by atoms with Crippen LogP contribution in [0.2, 0.25) is 0 Å². The third-order valence-corrected chi connectivity index (χ3v) is 3.79. The Morgan fingerprint density at radius 1 is 1.21 bits per heavy atom. The second-order valence-corrected chi connectivity index (χ2v) is 5.42. The molecule has 2 aromatic rings. The zero-order chi connectivity index (χ0) is 14.2. The van der Waals surface area contributed by atoms with E-state index in [9.17, 15) is 0 Å². The van der Waals surface area contributed by atoms with E-state index < -0.39 is 0 Å². The Morgan fingerprint density at radius 2 is 1.89 bits per heavy atom. The zero-order valence-corrected chi connectivity index (χ0v) is 12.5. The van der Waals surface area contributed by atoms with Gasteiger partial charge in [0.05, 0.1) is 11.4 Å². The van der Waals surface area contributed by atoms with E-state index in [4.69, 9.17) is 10.8 Å². The molecule has 1 aromatic heterocycles. The lowest BCUT2D eigenvalue weighted by atomic mass is 9.99. The number of aromatic nitrogens is 2. The molecular formula is C16H23N3. The van der Waals surface area contributed by atoms with E-state index in [1.54, 1.807) is 0 Å². The predicted octanol–water partition coefficient (Wildman–Crippen LogP) is 3.17. The average Bonchev–Trinajstić information content (AvgIpc) is 2.67. The first-order chi connectivity index (χ1) is 8.95. The third kappa shape index (κ3) is 2.43. The van der Waals surface area contributed by atoms with Crippen LogP contribution in [0.3, 0.4) is 0 Å². The summed E-state index contributed by atoms with van der Waals surface area (Å²) < 4.78 is 2.05. The summed E-state index contributed by atoms with van der Waals surface area (Å²) in [4.78, 5) is 0. The van der Waals surface area contributed by atoms with Gasteiger partial charge in [-0.25, -0.2) is 4.68 Å². The highest BCUT2D eigenvalue weighted by molar-refractivity contribution is 5.45. The van der Waals surface area contributed by atoms with Crippen molar-refractivity contribution in [3.63, 3.8) is 0 Å². The predicted molar refractivity (Wildman–Crippen MR) is 80.0 cm³/mol. The molecule has 0 amide bonds. The maximum atomic E-state index is 5.81. The number of aryl methyl sites for hydroxylation is 3.